The van der Waals surface area contributed by atoms with Crippen LogP contribution in [0.2, 0.25) is 0 Å². The van der Waals surface area contributed by atoms with Crippen molar-refractivity contribution in [3.8, 4) is 5.75 Å². The number of carbonyl (C=O) groups excluding carboxylic acids is 1. The molecule has 0 heterocycles. The Labute approximate surface area is 147 Å². The Morgan fingerprint density at radius 3 is 2.56 bits per heavy atom. The summed E-state index contributed by atoms with van der Waals surface area (Å²) in [6, 6.07) is 14.3. The molecule has 1 radical (unpaired) electrons. The van der Waals surface area contributed by atoms with Crippen molar-refractivity contribution in [2.75, 3.05) is 7.11 Å². The first kappa shape index (κ1) is 17.2. The molecule has 2 aromatic carbocycles. The first-order valence-corrected chi connectivity index (χ1v) is 8.24. The van der Waals surface area contributed by atoms with Gasteiger partial charge in [-0.1, -0.05) is 30.3 Å². The van der Waals surface area contributed by atoms with Crippen LogP contribution in [0.5, 0.6) is 5.75 Å². The van der Waals surface area contributed by atoms with Gasteiger partial charge in [0.25, 0.3) is 0 Å². The third kappa shape index (κ3) is 4.05. The maximum absolute atomic E-state index is 13.5. The lowest BCUT2D eigenvalue weighted by Gasteiger charge is -2.18. The molecule has 0 aliphatic heterocycles. The van der Waals surface area contributed by atoms with Crippen LogP contribution < -0.4 is 4.74 Å². The van der Waals surface area contributed by atoms with E-state index in [1.807, 2.05) is 36.4 Å². The van der Waals surface area contributed by atoms with E-state index in [0.717, 1.165) is 35.3 Å². The number of carbonyl (C=O) groups is 1. The van der Waals surface area contributed by atoms with Gasteiger partial charge >= 0.3 is 0 Å². The fourth-order valence-corrected chi connectivity index (χ4v) is 2.98. The van der Waals surface area contributed by atoms with E-state index in [9.17, 15) is 9.18 Å². The van der Waals surface area contributed by atoms with Gasteiger partial charge in [-0.15, -0.1) is 0 Å². The number of allylic oxidation sites excluding steroid dienone is 4. The van der Waals surface area contributed by atoms with Crippen LogP contribution >= 0.6 is 0 Å². The molecular formula is C22H20FO2. The first-order valence-electron chi connectivity index (χ1n) is 8.24. The van der Waals surface area contributed by atoms with Gasteiger partial charge in [0.1, 0.15) is 11.6 Å². The second kappa shape index (κ2) is 7.47. The summed E-state index contributed by atoms with van der Waals surface area (Å²) in [5, 5.41) is 0. The van der Waals surface area contributed by atoms with Crippen LogP contribution in [0.4, 0.5) is 4.39 Å². The van der Waals surface area contributed by atoms with Crippen molar-refractivity contribution in [3.63, 3.8) is 0 Å². The lowest BCUT2D eigenvalue weighted by molar-refractivity contribution is -0.114. The summed E-state index contributed by atoms with van der Waals surface area (Å²) in [7, 11) is 1.64. The molecule has 3 rings (SSSR count). The quantitative estimate of drug-likeness (QED) is 0.772. The molecule has 0 bridgehead atoms. The van der Waals surface area contributed by atoms with Crippen LogP contribution in [-0.4, -0.2) is 12.9 Å². The maximum atomic E-state index is 13.5. The second-order valence-electron chi connectivity index (χ2n) is 6.13. The third-order valence-corrected chi connectivity index (χ3v) is 4.46. The summed E-state index contributed by atoms with van der Waals surface area (Å²) in [6.07, 6.45) is 3.78. The zero-order valence-corrected chi connectivity index (χ0v) is 14.2. The highest BCUT2D eigenvalue weighted by Gasteiger charge is 2.19. The Morgan fingerprint density at radius 2 is 1.88 bits per heavy atom. The van der Waals surface area contributed by atoms with Crippen molar-refractivity contribution >= 4 is 11.4 Å². The van der Waals surface area contributed by atoms with Crippen LogP contribution in [0.25, 0.3) is 5.57 Å². The van der Waals surface area contributed by atoms with E-state index in [2.05, 4.69) is 6.92 Å². The van der Waals surface area contributed by atoms with Gasteiger partial charge in [0.15, 0.2) is 5.78 Å². The molecule has 0 spiro atoms. The van der Waals surface area contributed by atoms with Gasteiger partial charge in [-0.3, -0.25) is 4.79 Å². The Morgan fingerprint density at radius 1 is 1.12 bits per heavy atom. The summed E-state index contributed by atoms with van der Waals surface area (Å²) in [6.45, 7) is 3.94. The number of hydrogen-bond acceptors (Lipinski definition) is 2. The molecule has 0 saturated carbocycles. The van der Waals surface area contributed by atoms with Crippen LogP contribution in [0.15, 0.2) is 65.8 Å². The maximum Gasteiger partial charge on any atom is 0.163 e. The summed E-state index contributed by atoms with van der Waals surface area (Å²) in [4.78, 5) is 12.3. The first-order chi connectivity index (χ1) is 12.1. The molecule has 1 aliphatic carbocycles. The van der Waals surface area contributed by atoms with Gasteiger partial charge in [-0.05, 0) is 71.9 Å². The van der Waals surface area contributed by atoms with Gasteiger partial charge in [0, 0.05) is 6.42 Å². The highest BCUT2D eigenvalue weighted by atomic mass is 19.1. The Bertz CT molecular complexity index is 845. The smallest absolute Gasteiger partial charge is 0.163 e. The summed E-state index contributed by atoms with van der Waals surface area (Å²) in [5.74, 6) is 0.531. The third-order valence-electron chi connectivity index (χ3n) is 4.46. The number of aryl methyl sites for hydroxylation is 1. The molecule has 0 N–H and O–H groups in total. The van der Waals surface area contributed by atoms with E-state index in [-0.39, 0.29) is 18.0 Å². The minimum Gasteiger partial charge on any atom is -0.497 e. The lowest BCUT2D eigenvalue weighted by Crippen LogP contribution is -2.10. The monoisotopic (exact) mass is 335 g/mol. The van der Waals surface area contributed by atoms with E-state index in [0.29, 0.717) is 5.57 Å². The topological polar surface area (TPSA) is 26.3 Å². The average Bonchev–Trinajstić information content (AvgIpc) is 2.63. The number of Topliss-reactive ketones (excluding diaryl/α,β-unsaturated/α-hetero) is 1. The van der Waals surface area contributed by atoms with E-state index in [1.54, 1.807) is 13.2 Å². The number of ketones is 1. The number of halogens is 1. The van der Waals surface area contributed by atoms with Crippen molar-refractivity contribution < 1.29 is 13.9 Å². The fraction of sp³-hybridized carbons (Fsp3) is 0.182. The molecular weight excluding hydrogens is 315 g/mol. The summed E-state index contributed by atoms with van der Waals surface area (Å²) < 4.78 is 18.6. The van der Waals surface area contributed by atoms with E-state index in [4.69, 9.17) is 4.74 Å². The van der Waals surface area contributed by atoms with Crippen LogP contribution in [0.3, 0.4) is 0 Å². The van der Waals surface area contributed by atoms with Crippen LogP contribution in [0.1, 0.15) is 24.0 Å². The highest BCUT2D eigenvalue weighted by molar-refractivity contribution is 6.06. The average molecular weight is 335 g/mol. The van der Waals surface area contributed by atoms with Gasteiger partial charge in [0.2, 0.25) is 0 Å². The van der Waals surface area contributed by atoms with Crippen LogP contribution in [0, 0.1) is 12.7 Å². The molecule has 0 amide bonds. The fourth-order valence-electron chi connectivity index (χ4n) is 2.98. The Balaban J connectivity index is 1.80. The van der Waals surface area contributed by atoms with Crippen molar-refractivity contribution in [1.82, 2.24) is 0 Å². The Kier molecular flexibility index (Phi) is 5.13. The molecule has 0 saturated heterocycles. The molecule has 2 nitrogen and oxygen atoms in total. The zero-order valence-electron chi connectivity index (χ0n) is 14.2. The normalized spacial score (nSPS) is 14.5. The van der Waals surface area contributed by atoms with Crippen LogP contribution in [-0.2, 0) is 11.2 Å². The van der Waals surface area contributed by atoms with Gasteiger partial charge in [-0.2, -0.15) is 0 Å². The van der Waals surface area contributed by atoms with Crippen molar-refractivity contribution in [2.24, 2.45) is 0 Å². The van der Waals surface area contributed by atoms with E-state index in [1.165, 1.54) is 17.7 Å². The molecule has 25 heavy (non-hydrogen) atoms. The SMILES string of the molecule is [CH2]C1=C(CCc2ccc(OC)cc2)C=C(c2cccc(F)c2)CC1=O. The molecule has 127 valence electrons. The zero-order chi connectivity index (χ0) is 17.8. The number of benzene rings is 2. The number of rotatable bonds is 5. The van der Waals surface area contributed by atoms with Crippen molar-refractivity contribution in [2.45, 2.75) is 19.3 Å². The number of hydrogen-bond donors (Lipinski definition) is 0. The van der Waals surface area contributed by atoms with Crippen molar-refractivity contribution in [3.05, 3.63) is 89.6 Å². The standard InChI is InChI=1S/C22H20FO2/c1-15-17(9-6-16-7-10-21(25-2)11-8-16)12-19(14-22(15)24)18-4-3-5-20(23)13-18/h3-5,7-8,10-13H,1,6,9,14H2,2H3. The molecule has 0 unspecified atom stereocenters. The second-order valence-corrected chi connectivity index (χ2v) is 6.13. The predicted octanol–water partition coefficient (Wildman–Crippen LogP) is 4.95. The van der Waals surface area contributed by atoms with Gasteiger partial charge in [-0.25, -0.2) is 4.39 Å². The molecule has 0 fully saturated rings. The molecule has 1 aliphatic rings. The Hall–Kier alpha value is -2.68. The minimum atomic E-state index is -0.296. The molecule has 3 heteroatoms. The summed E-state index contributed by atoms with van der Waals surface area (Å²) in [5.41, 5.74) is 4.25. The lowest BCUT2D eigenvalue weighted by atomic mass is 9.86. The van der Waals surface area contributed by atoms with Gasteiger partial charge < -0.3 is 4.74 Å². The predicted molar refractivity (Wildman–Crippen MR) is 97.7 cm³/mol. The van der Waals surface area contributed by atoms with E-state index >= 15 is 0 Å². The van der Waals surface area contributed by atoms with Gasteiger partial charge in [0.05, 0.1) is 7.11 Å². The largest absolute Gasteiger partial charge is 0.497 e. The minimum absolute atomic E-state index is 0.00601. The number of methoxy groups -OCH3 is 1. The molecule has 0 aromatic heterocycles. The summed E-state index contributed by atoms with van der Waals surface area (Å²) >= 11 is 0. The molecule has 0 atom stereocenters. The highest BCUT2D eigenvalue weighted by Crippen LogP contribution is 2.30. The number of ether oxygens (including phenoxy) is 1. The van der Waals surface area contributed by atoms with E-state index < -0.39 is 0 Å². The van der Waals surface area contributed by atoms with Crippen molar-refractivity contribution in [1.29, 1.82) is 0 Å². The molecule has 2 aromatic rings.